The van der Waals surface area contributed by atoms with E-state index in [2.05, 4.69) is 205 Å². The molecule has 0 spiro atoms. The lowest BCUT2D eigenvalue weighted by Crippen LogP contribution is -2.09. The molecule has 11 rings (SSSR count). The van der Waals surface area contributed by atoms with Gasteiger partial charge in [0.05, 0.1) is 0 Å². The van der Waals surface area contributed by atoms with Gasteiger partial charge in [-0.25, -0.2) is 0 Å². The van der Waals surface area contributed by atoms with Crippen LogP contribution in [-0.4, -0.2) is 0 Å². The molecule has 0 aliphatic rings. The zero-order valence-electron chi connectivity index (χ0n) is 30.6. The number of para-hydroxylation sites is 1. The Morgan fingerprint density at radius 2 is 0.732 bits per heavy atom. The molecule has 0 aliphatic carbocycles. The van der Waals surface area contributed by atoms with E-state index in [4.69, 9.17) is 4.42 Å². The first-order valence-corrected chi connectivity index (χ1v) is 19.2. The highest BCUT2D eigenvalue weighted by Crippen LogP contribution is 2.41. The number of fused-ring (bicyclic) bond motifs is 7. The average Bonchev–Trinajstić information content (AvgIpc) is 3.65. The van der Waals surface area contributed by atoms with Crippen LogP contribution in [0.1, 0.15) is 0 Å². The monoisotopic (exact) mass is 713 g/mol. The fourth-order valence-corrected chi connectivity index (χ4v) is 8.51. The van der Waals surface area contributed by atoms with Gasteiger partial charge < -0.3 is 9.32 Å². The second-order valence-electron chi connectivity index (χ2n) is 14.5. The minimum Gasteiger partial charge on any atom is -0.456 e. The van der Waals surface area contributed by atoms with E-state index in [9.17, 15) is 0 Å². The summed E-state index contributed by atoms with van der Waals surface area (Å²) in [5, 5.41) is 9.85. The number of nitrogens with zero attached hydrogens (tertiary/aromatic N) is 1. The van der Waals surface area contributed by atoms with Crippen LogP contribution in [0.5, 0.6) is 0 Å². The SMILES string of the molecule is c1ccc2c(-c3ccc(N(c4ccc(-c5ccc(-c6cccc7c6ccc6ccccc67)cc5)cc4)c4ccc5c(c4)oc4ccccc45)cc3)cccc2c1. The lowest BCUT2D eigenvalue weighted by Gasteiger charge is -2.26. The molecule has 2 nitrogen and oxygen atoms in total. The first-order chi connectivity index (χ1) is 27.7. The van der Waals surface area contributed by atoms with Gasteiger partial charge in [0.25, 0.3) is 0 Å². The Bertz CT molecular complexity index is 3220. The molecule has 0 aliphatic heterocycles. The van der Waals surface area contributed by atoms with Gasteiger partial charge in [0.2, 0.25) is 0 Å². The quantitative estimate of drug-likeness (QED) is 0.160. The van der Waals surface area contributed by atoms with Gasteiger partial charge in [0, 0.05) is 33.9 Å². The molecular formula is C54H35NO. The van der Waals surface area contributed by atoms with E-state index >= 15 is 0 Å². The first kappa shape index (κ1) is 32.0. The Kier molecular flexibility index (Phi) is 7.53. The predicted octanol–water partition coefficient (Wildman–Crippen LogP) is 15.5. The van der Waals surface area contributed by atoms with Crippen molar-refractivity contribution in [3.05, 3.63) is 212 Å². The van der Waals surface area contributed by atoms with Crippen LogP contribution in [0.4, 0.5) is 17.1 Å². The molecular weight excluding hydrogens is 679 g/mol. The molecule has 1 aromatic heterocycles. The summed E-state index contributed by atoms with van der Waals surface area (Å²) in [5.74, 6) is 0. The molecule has 10 aromatic carbocycles. The molecule has 0 amide bonds. The molecule has 262 valence electrons. The Morgan fingerprint density at radius 3 is 1.46 bits per heavy atom. The van der Waals surface area contributed by atoms with Crippen LogP contribution >= 0.6 is 0 Å². The van der Waals surface area contributed by atoms with Crippen LogP contribution in [0.15, 0.2) is 217 Å². The molecule has 0 atom stereocenters. The summed E-state index contributed by atoms with van der Waals surface area (Å²) in [6.45, 7) is 0. The van der Waals surface area contributed by atoms with Crippen LogP contribution in [0.2, 0.25) is 0 Å². The maximum Gasteiger partial charge on any atom is 0.137 e. The van der Waals surface area contributed by atoms with Crippen molar-refractivity contribution < 1.29 is 4.42 Å². The van der Waals surface area contributed by atoms with E-state index in [0.29, 0.717) is 0 Å². The minimum absolute atomic E-state index is 0.872. The summed E-state index contributed by atoms with van der Waals surface area (Å²) in [4.78, 5) is 2.32. The van der Waals surface area contributed by atoms with Gasteiger partial charge in [0.15, 0.2) is 0 Å². The molecule has 0 unspecified atom stereocenters. The molecule has 2 heteroatoms. The van der Waals surface area contributed by atoms with Crippen LogP contribution in [-0.2, 0) is 0 Å². The third-order valence-corrected chi connectivity index (χ3v) is 11.3. The maximum absolute atomic E-state index is 6.37. The fourth-order valence-electron chi connectivity index (χ4n) is 8.51. The van der Waals surface area contributed by atoms with Crippen molar-refractivity contribution in [3.8, 4) is 33.4 Å². The molecule has 0 saturated heterocycles. The summed E-state index contributed by atoms with van der Waals surface area (Å²) in [7, 11) is 0. The van der Waals surface area contributed by atoms with Crippen LogP contribution < -0.4 is 4.90 Å². The van der Waals surface area contributed by atoms with E-state index in [1.807, 2.05) is 12.1 Å². The van der Waals surface area contributed by atoms with Gasteiger partial charge in [-0.05, 0) is 108 Å². The van der Waals surface area contributed by atoms with Crippen LogP contribution in [0.25, 0.3) is 87.6 Å². The summed E-state index contributed by atoms with van der Waals surface area (Å²) >= 11 is 0. The molecule has 56 heavy (non-hydrogen) atoms. The number of hydrogen-bond donors (Lipinski definition) is 0. The van der Waals surface area contributed by atoms with Gasteiger partial charge in [0.1, 0.15) is 11.2 Å². The molecule has 1 heterocycles. The van der Waals surface area contributed by atoms with Gasteiger partial charge in [-0.2, -0.15) is 0 Å². The largest absolute Gasteiger partial charge is 0.456 e. The maximum atomic E-state index is 6.37. The van der Waals surface area contributed by atoms with Crippen molar-refractivity contribution in [1.82, 2.24) is 0 Å². The van der Waals surface area contributed by atoms with Crippen molar-refractivity contribution >= 4 is 71.3 Å². The zero-order chi connectivity index (χ0) is 37.0. The standard InChI is InChI=1S/C54H35NO/c1-3-12-45-38(9-1)11-7-15-46(45)41-25-30-43(31-26-41)55(44-32-34-52-51-14-5-6-18-53(51)56-54(52)35-44)42-28-23-37(24-29-42)36-19-21-40(22-20-36)48-16-8-17-49-47-13-4-2-10-39(47)27-33-50(48)49/h1-35H. The highest BCUT2D eigenvalue weighted by atomic mass is 16.3. The number of furan rings is 1. The van der Waals surface area contributed by atoms with E-state index in [0.717, 1.165) is 39.0 Å². The van der Waals surface area contributed by atoms with Crippen LogP contribution in [0.3, 0.4) is 0 Å². The number of anilines is 3. The topological polar surface area (TPSA) is 16.4 Å². The molecule has 11 aromatic rings. The number of rotatable bonds is 6. The summed E-state index contributed by atoms with van der Waals surface area (Å²) in [5.41, 5.74) is 12.2. The van der Waals surface area contributed by atoms with E-state index in [1.54, 1.807) is 0 Å². The second-order valence-corrected chi connectivity index (χ2v) is 14.5. The molecule has 0 radical (unpaired) electrons. The normalized spacial score (nSPS) is 11.6. The van der Waals surface area contributed by atoms with E-state index in [-0.39, 0.29) is 0 Å². The lowest BCUT2D eigenvalue weighted by atomic mass is 9.93. The number of hydrogen-bond acceptors (Lipinski definition) is 2. The molecule has 0 bridgehead atoms. The Morgan fingerprint density at radius 1 is 0.268 bits per heavy atom. The molecule has 0 N–H and O–H groups in total. The average molecular weight is 714 g/mol. The fraction of sp³-hybridized carbons (Fsp3) is 0. The summed E-state index contributed by atoms with van der Waals surface area (Å²) in [6, 6.07) is 76.4. The zero-order valence-corrected chi connectivity index (χ0v) is 30.6. The second kappa shape index (κ2) is 13.2. The Balaban J connectivity index is 0.958. The van der Waals surface area contributed by atoms with Crippen molar-refractivity contribution in [2.24, 2.45) is 0 Å². The van der Waals surface area contributed by atoms with Gasteiger partial charge in [-0.15, -0.1) is 0 Å². The smallest absolute Gasteiger partial charge is 0.137 e. The summed E-state index contributed by atoms with van der Waals surface area (Å²) in [6.07, 6.45) is 0. The van der Waals surface area contributed by atoms with E-state index in [1.165, 1.54) is 65.7 Å². The summed E-state index contributed by atoms with van der Waals surface area (Å²) < 4.78 is 6.37. The third-order valence-electron chi connectivity index (χ3n) is 11.3. The van der Waals surface area contributed by atoms with Gasteiger partial charge in [-0.3, -0.25) is 0 Å². The Labute approximate surface area is 325 Å². The predicted molar refractivity (Wildman–Crippen MR) is 237 cm³/mol. The highest BCUT2D eigenvalue weighted by molar-refractivity contribution is 6.12. The Hall–Kier alpha value is -7.42. The van der Waals surface area contributed by atoms with Crippen LogP contribution in [0, 0.1) is 0 Å². The highest BCUT2D eigenvalue weighted by Gasteiger charge is 2.17. The van der Waals surface area contributed by atoms with Crippen molar-refractivity contribution in [2.45, 2.75) is 0 Å². The lowest BCUT2D eigenvalue weighted by molar-refractivity contribution is 0.669. The van der Waals surface area contributed by atoms with Gasteiger partial charge >= 0.3 is 0 Å². The molecule has 0 saturated carbocycles. The van der Waals surface area contributed by atoms with Crippen molar-refractivity contribution in [1.29, 1.82) is 0 Å². The van der Waals surface area contributed by atoms with Gasteiger partial charge in [-0.1, -0.05) is 164 Å². The minimum atomic E-state index is 0.872. The van der Waals surface area contributed by atoms with Crippen molar-refractivity contribution in [2.75, 3.05) is 4.90 Å². The first-order valence-electron chi connectivity index (χ1n) is 19.2. The molecule has 0 fully saturated rings. The van der Waals surface area contributed by atoms with Crippen molar-refractivity contribution in [3.63, 3.8) is 0 Å². The van der Waals surface area contributed by atoms with E-state index < -0.39 is 0 Å². The number of benzene rings is 10. The third kappa shape index (κ3) is 5.42.